The van der Waals surface area contributed by atoms with E-state index < -0.39 is 48.2 Å². The summed E-state index contributed by atoms with van der Waals surface area (Å²) >= 11 is 0. The van der Waals surface area contributed by atoms with Crippen molar-refractivity contribution in [2.45, 2.75) is 83.0 Å². The molecule has 1 aliphatic heterocycles. The number of Topliss-reactive ketones (excluding diaryl/α,β-unsaturated/α-hetero) is 1. The van der Waals surface area contributed by atoms with Crippen molar-refractivity contribution < 1.29 is 57.2 Å². The minimum atomic E-state index is -0.901. The zero-order valence-corrected chi connectivity index (χ0v) is 24.1. The summed E-state index contributed by atoms with van der Waals surface area (Å²) in [6.07, 6.45) is 5.09. The minimum Gasteiger partial charge on any atom is -0.463 e. The largest absolute Gasteiger partial charge is 0.463 e. The summed E-state index contributed by atoms with van der Waals surface area (Å²) in [6.45, 7) is 10.4. The normalized spacial score (nSPS) is 17.7. The second-order valence-corrected chi connectivity index (χ2v) is 9.51. The Morgan fingerprint density at radius 2 is 1.10 bits per heavy atom. The molecular weight excluding hydrogens is 552 g/mol. The molecule has 0 aromatic heterocycles. The molecule has 1 saturated heterocycles. The highest BCUT2D eigenvalue weighted by atomic mass is 16.7. The molecule has 12 nitrogen and oxygen atoms in total. The van der Waals surface area contributed by atoms with Crippen molar-refractivity contribution in [3.63, 3.8) is 0 Å². The third-order valence-electron chi connectivity index (χ3n) is 6.14. The molecule has 0 aliphatic carbocycles. The predicted octanol–water partition coefficient (Wildman–Crippen LogP) is 3.46. The van der Waals surface area contributed by atoms with Crippen LogP contribution in [0.5, 0.6) is 0 Å². The number of esters is 5. The SMILES string of the molecule is C=CC(=O)OCCCCC(=O)C[C@H]1CC(OC(=O)CCCCOC(=O)C=C)OC[C@H]1OC(=O)CCCCOC(=O)C=C. The summed E-state index contributed by atoms with van der Waals surface area (Å²) in [5.74, 6) is -3.07. The Morgan fingerprint density at radius 3 is 1.57 bits per heavy atom. The first-order valence-corrected chi connectivity index (χ1v) is 14.1. The van der Waals surface area contributed by atoms with Crippen LogP contribution in [0.15, 0.2) is 38.0 Å². The van der Waals surface area contributed by atoms with Gasteiger partial charge in [0.05, 0.1) is 26.4 Å². The topological polar surface area (TPSA) is 158 Å². The van der Waals surface area contributed by atoms with E-state index in [0.29, 0.717) is 38.5 Å². The van der Waals surface area contributed by atoms with Gasteiger partial charge in [0.25, 0.3) is 0 Å². The number of ketones is 1. The fraction of sp³-hybridized carbons (Fsp3) is 0.600. The van der Waals surface area contributed by atoms with Crippen LogP contribution in [0.25, 0.3) is 0 Å². The van der Waals surface area contributed by atoms with E-state index in [4.69, 9.17) is 28.4 Å². The van der Waals surface area contributed by atoms with Gasteiger partial charge in [0.15, 0.2) is 0 Å². The van der Waals surface area contributed by atoms with Crippen LogP contribution in [0.3, 0.4) is 0 Å². The van der Waals surface area contributed by atoms with Crippen LogP contribution in [0.4, 0.5) is 0 Å². The third kappa shape index (κ3) is 17.1. The van der Waals surface area contributed by atoms with Crippen LogP contribution in [-0.4, -0.2) is 74.5 Å². The van der Waals surface area contributed by atoms with Crippen LogP contribution in [0.2, 0.25) is 0 Å². The lowest BCUT2D eigenvalue weighted by Crippen LogP contribution is -2.43. The Kier molecular flexibility index (Phi) is 18.9. The number of carbonyl (C=O) groups excluding carboxylic acids is 6. The van der Waals surface area contributed by atoms with Crippen molar-refractivity contribution in [3.8, 4) is 0 Å². The molecule has 0 saturated carbocycles. The van der Waals surface area contributed by atoms with Gasteiger partial charge in [-0.25, -0.2) is 14.4 Å². The second-order valence-electron chi connectivity index (χ2n) is 9.51. The summed E-state index contributed by atoms with van der Waals surface area (Å²) in [4.78, 5) is 70.8. The first kappa shape index (κ1) is 36.2. The Bertz CT molecular complexity index is 941. The molecule has 1 unspecified atom stereocenters. The number of unbranched alkanes of at least 4 members (excludes halogenated alkanes) is 3. The summed E-state index contributed by atoms with van der Waals surface area (Å²) in [5, 5.41) is 0. The standard InChI is InChI=1S/C30H42O12/c1-4-25(32)37-16-10-7-13-23(31)19-22-20-30(42-29(36)15-9-12-18-39-27(34)6-3)40-21-24(22)41-28(35)14-8-11-17-38-26(33)5-2/h4-6,22,24,30H,1-3,7-21H2/t22-,24+,30?/m0/s1. The Labute approximate surface area is 246 Å². The molecular formula is C30H42O12. The molecule has 1 heterocycles. The van der Waals surface area contributed by atoms with Gasteiger partial charge < -0.3 is 28.4 Å². The molecule has 12 heteroatoms. The number of hydrogen-bond acceptors (Lipinski definition) is 12. The molecule has 3 atom stereocenters. The molecule has 0 aromatic carbocycles. The number of rotatable bonds is 22. The van der Waals surface area contributed by atoms with E-state index in [9.17, 15) is 28.8 Å². The molecule has 0 bridgehead atoms. The number of hydrogen-bond donors (Lipinski definition) is 0. The number of ether oxygens (including phenoxy) is 6. The van der Waals surface area contributed by atoms with Gasteiger partial charge in [-0.3, -0.25) is 14.4 Å². The fourth-order valence-electron chi connectivity index (χ4n) is 3.92. The summed E-state index contributed by atoms with van der Waals surface area (Å²) in [5.41, 5.74) is 0. The van der Waals surface area contributed by atoms with Crippen molar-refractivity contribution >= 4 is 35.6 Å². The molecule has 234 valence electrons. The van der Waals surface area contributed by atoms with E-state index in [1.807, 2.05) is 0 Å². The van der Waals surface area contributed by atoms with Crippen molar-refractivity contribution in [2.75, 3.05) is 26.4 Å². The van der Waals surface area contributed by atoms with Crippen molar-refractivity contribution in [1.82, 2.24) is 0 Å². The van der Waals surface area contributed by atoms with Gasteiger partial charge in [-0.1, -0.05) is 19.7 Å². The molecule has 42 heavy (non-hydrogen) atoms. The Balaban J connectivity index is 2.58. The van der Waals surface area contributed by atoms with Crippen molar-refractivity contribution in [3.05, 3.63) is 38.0 Å². The molecule has 1 fully saturated rings. The van der Waals surface area contributed by atoms with E-state index in [-0.39, 0.29) is 64.3 Å². The average molecular weight is 595 g/mol. The lowest BCUT2D eigenvalue weighted by Gasteiger charge is -2.35. The van der Waals surface area contributed by atoms with Crippen molar-refractivity contribution in [2.24, 2.45) is 5.92 Å². The Hall–Kier alpha value is -3.80. The molecule has 0 N–H and O–H groups in total. The lowest BCUT2D eigenvalue weighted by atomic mass is 9.89. The molecule has 0 aromatic rings. The van der Waals surface area contributed by atoms with E-state index in [0.717, 1.165) is 18.2 Å². The van der Waals surface area contributed by atoms with E-state index in [1.165, 1.54) is 0 Å². The minimum absolute atomic E-state index is 0.0480. The van der Waals surface area contributed by atoms with E-state index in [1.54, 1.807) is 0 Å². The van der Waals surface area contributed by atoms with E-state index in [2.05, 4.69) is 19.7 Å². The molecule has 1 rings (SSSR count). The highest BCUT2D eigenvalue weighted by Crippen LogP contribution is 2.28. The molecule has 0 amide bonds. The van der Waals surface area contributed by atoms with Crippen LogP contribution in [0.1, 0.15) is 70.6 Å². The van der Waals surface area contributed by atoms with E-state index >= 15 is 0 Å². The van der Waals surface area contributed by atoms with Gasteiger partial charge in [0.1, 0.15) is 11.9 Å². The van der Waals surface area contributed by atoms with Gasteiger partial charge in [-0.05, 0) is 38.5 Å². The van der Waals surface area contributed by atoms with Crippen molar-refractivity contribution in [1.29, 1.82) is 0 Å². The zero-order chi connectivity index (χ0) is 31.2. The highest BCUT2D eigenvalue weighted by molar-refractivity contribution is 5.82. The second kappa shape index (κ2) is 21.9. The van der Waals surface area contributed by atoms with Gasteiger partial charge in [0.2, 0.25) is 6.29 Å². The first-order chi connectivity index (χ1) is 20.2. The molecule has 0 radical (unpaired) electrons. The van der Waals surface area contributed by atoms with Gasteiger partial charge in [-0.15, -0.1) is 0 Å². The maximum atomic E-state index is 12.7. The maximum absolute atomic E-state index is 12.7. The molecule has 1 aliphatic rings. The smallest absolute Gasteiger partial charge is 0.330 e. The van der Waals surface area contributed by atoms with Crippen LogP contribution >= 0.6 is 0 Å². The summed E-state index contributed by atoms with van der Waals surface area (Å²) < 4.78 is 31.3. The summed E-state index contributed by atoms with van der Waals surface area (Å²) in [7, 11) is 0. The summed E-state index contributed by atoms with van der Waals surface area (Å²) in [6, 6.07) is 0. The monoisotopic (exact) mass is 594 g/mol. The lowest BCUT2D eigenvalue weighted by molar-refractivity contribution is -0.216. The average Bonchev–Trinajstić information content (AvgIpc) is 2.97. The van der Waals surface area contributed by atoms with Gasteiger partial charge >= 0.3 is 29.8 Å². The fourth-order valence-corrected chi connectivity index (χ4v) is 3.92. The third-order valence-corrected chi connectivity index (χ3v) is 6.14. The van der Waals surface area contributed by atoms with Crippen LogP contribution in [0, 0.1) is 5.92 Å². The highest BCUT2D eigenvalue weighted by Gasteiger charge is 2.36. The first-order valence-electron chi connectivity index (χ1n) is 14.1. The Morgan fingerprint density at radius 1 is 0.643 bits per heavy atom. The quantitative estimate of drug-likeness (QED) is 0.0779. The zero-order valence-electron chi connectivity index (χ0n) is 24.1. The van der Waals surface area contributed by atoms with Crippen LogP contribution < -0.4 is 0 Å². The number of carbonyl (C=O) groups is 6. The van der Waals surface area contributed by atoms with Crippen LogP contribution in [-0.2, 0) is 57.2 Å². The maximum Gasteiger partial charge on any atom is 0.330 e. The van der Waals surface area contributed by atoms with Gasteiger partial charge in [0, 0.05) is 56.3 Å². The predicted molar refractivity (Wildman–Crippen MR) is 148 cm³/mol. The van der Waals surface area contributed by atoms with Gasteiger partial charge in [-0.2, -0.15) is 0 Å². The molecule has 0 spiro atoms.